The van der Waals surface area contributed by atoms with Gasteiger partial charge in [0.05, 0.1) is 6.61 Å². The normalized spacial score (nSPS) is 20.2. The fourth-order valence-electron chi connectivity index (χ4n) is 3.55. The molecule has 2 saturated heterocycles. The quantitative estimate of drug-likeness (QED) is 0.533. The van der Waals surface area contributed by atoms with Gasteiger partial charge in [-0.05, 0) is 35.4 Å². The first-order chi connectivity index (χ1) is 15.4. The number of cyclic esters (lactones) is 4. The molecule has 2 heterocycles. The van der Waals surface area contributed by atoms with E-state index < -0.39 is 12.3 Å². The molecule has 8 heteroatoms. The minimum Gasteiger partial charge on any atom is -0.493 e. The highest BCUT2D eigenvalue weighted by Gasteiger charge is 2.27. The lowest BCUT2D eigenvalue weighted by Crippen LogP contribution is -2.20. The molecule has 2 aliphatic rings. The number of hydrogen-bond acceptors (Lipinski definition) is 8. The summed E-state index contributed by atoms with van der Waals surface area (Å²) in [5.74, 6) is 1.46. The summed E-state index contributed by atoms with van der Waals surface area (Å²) >= 11 is 0. The van der Waals surface area contributed by atoms with Gasteiger partial charge in [0.25, 0.3) is 0 Å². The topological polar surface area (TPSA) is 89.5 Å². The molecule has 32 heavy (non-hydrogen) atoms. The van der Waals surface area contributed by atoms with Crippen LogP contribution < -0.4 is 9.47 Å². The van der Waals surface area contributed by atoms with Crippen LogP contribution in [-0.2, 0) is 24.4 Å². The van der Waals surface area contributed by atoms with Crippen molar-refractivity contribution in [2.24, 2.45) is 0 Å². The van der Waals surface area contributed by atoms with E-state index in [-0.39, 0.29) is 37.4 Å². The molecule has 2 fully saturated rings. The molecule has 2 atom stereocenters. The Balaban J connectivity index is 1.30. The first kappa shape index (κ1) is 21.8. The standard InChI is InChI=1S/C24H26O8/c1-24(2,17-5-9-19(10-6-17)28-14-21-15-30-23(26)32-21)16-3-7-18(8-4-16)27-12-11-20-13-29-22(25)31-20/h3-10,20-21H,11-15H2,1-2H3. The maximum absolute atomic E-state index is 11.0. The van der Waals surface area contributed by atoms with Crippen molar-refractivity contribution in [3.8, 4) is 11.5 Å². The van der Waals surface area contributed by atoms with Crippen LogP contribution in [0.3, 0.4) is 0 Å². The van der Waals surface area contributed by atoms with Crippen LogP contribution in [0.4, 0.5) is 9.59 Å². The van der Waals surface area contributed by atoms with Gasteiger partial charge in [-0.25, -0.2) is 9.59 Å². The molecule has 170 valence electrons. The third kappa shape index (κ3) is 5.25. The Hall–Kier alpha value is -3.42. The molecule has 2 aliphatic heterocycles. The summed E-state index contributed by atoms with van der Waals surface area (Å²) in [4.78, 5) is 21.9. The van der Waals surface area contributed by atoms with Gasteiger partial charge in [0, 0.05) is 11.8 Å². The molecule has 0 bridgehead atoms. The molecular weight excluding hydrogens is 416 g/mol. The zero-order valence-electron chi connectivity index (χ0n) is 18.1. The lowest BCUT2D eigenvalue weighted by molar-refractivity contribution is 0.0982. The van der Waals surface area contributed by atoms with E-state index >= 15 is 0 Å². The summed E-state index contributed by atoms with van der Waals surface area (Å²) in [6, 6.07) is 15.9. The average molecular weight is 442 g/mol. The van der Waals surface area contributed by atoms with E-state index in [1.807, 2.05) is 48.5 Å². The van der Waals surface area contributed by atoms with Crippen molar-refractivity contribution in [2.45, 2.75) is 37.9 Å². The average Bonchev–Trinajstić information content (AvgIpc) is 3.40. The highest BCUT2D eigenvalue weighted by Crippen LogP contribution is 2.33. The summed E-state index contributed by atoms with van der Waals surface area (Å²) in [5.41, 5.74) is 2.06. The van der Waals surface area contributed by atoms with Crippen LogP contribution in [0.15, 0.2) is 48.5 Å². The molecular formula is C24H26O8. The van der Waals surface area contributed by atoms with Gasteiger partial charge in [-0.1, -0.05) is 38.1 Å². The van der Waals surface area contributed by atoms with E-state index in [1.165, 1.54) is 0 Å². The zero-order chi connectivity index (χ0) is 22.6. The van der Waals surface area contributed by atoms with Crippen molar-refractivity contribution >= 4 is 12.3 Å². The van der Waals surface area contributed by atoms with Gasteiger partial charge >= 0.3 is 12.3 Å². The summed E-state index contributed by atoms with van der Waals surface area (Å²) in [6.07, 6.45) is -1.30. The van der Waals surface area contributed by atoms with Gasteiger partial charge in [-0.2, -0.15) is 0 Å². The maximum Gasteiger partial charge on any atom is 0.508 e. The molecule has 2 unspecified atom stereocenters. The van der Waals surface area contributed by atoms with Crippen LogP contribution in [0, 0.1) is 0 Å². The Bertz CT molecular complexity index is 935. The zero-order valence-corrected chi connectivity index (χ0v) is 18.1. The van der Waals surface area contributed by atoms with Crippen LogP contribution in [0.25, 0.3) is 0 Å². The Labute approximate surface area is 186 Å². The van der Waals surface area contributed by atoms with Gasteiger partial charge in [0.15, 0.2) is 6.10 Å². The fourth-order valence-corrected chi connectivity index (χ4v) is 3.55. The maximum atomic E-state index is 11.0. The molecule has 0 spiro atoms. The number of rotatable bonds is 9. The minimum absolute atomic E-state index is 0.214. The van der Waals surface area contributed by atoms with Crippen LogP contribution in [0.1, 0.15) is 31.4 Å². The van der Waals surface area contributed by atoms with E-state index in [0.717, 1.165) is 16.9 Å². The third-order valence-corrected chi connectivity index (χ3v) is 5.60. The lowest BCUT2D eigenvalue weighted by Gasteiger charge is -2.26. The number of hydrogen-bond donors (Lipinski definition) is 0. The van der Waals surface area contributed by atoms with Crippen molar-refractivity contribution in [2.75, 3.05) is 26.4 Å². The molecule has 0 radical (unpaired) electrons. The van der Waals surface area contributed by atoms with Crippen molar-refractivity contribution in [1.82, 2.24) is 0 Å². The summed E-state index contributed by atoms with van der Waals surface area (Å²) in [7, 11) is 0. The molecule has 0 N–H and O–H groups in total. The SMILES string of the molecule is CC(C)(c1ccc(OCCC2COC(=O)O2)cc1)c1ccc(OCC2COC(=O)O2)cc1. The van der Waals surface area contributed by atoms with Crippen LogP contribution in [-0.4, -0.2) is 50.9 Å². The Kier molecular flexibility index (Phi) is 6.39. The van der Waals surface area contributed by atoms with Gasteiger partial charge < -0.3 is 28.4 Å². The number of benzene rings is 2. The van der Waals surface area contributed by atoms with Crippen LogP contribution >= 0.6 is 0 Å². The second kappa shape index (κ2) is 9.38. The monoisotopic (exact) mass is 442 g/mol. The molecule has 2 aromatic carbocycles. The molecule has 0 saturated carbocycles. The van der Waals surface area contributed by atoms with E-state index in [4.69, 9.17) is 28.4 Å². The Morgan fingerprint density at radius 3 is 1.78 bits per heavy atom. The fraction of sp³-hybridized carbons (Fsp3) is 0.417. The minimum atomic E-state index is -0.652. The first-order valence-electron chi connectivity index (χ1n) is 10.5. The lowest BCUT2D eigenvalue weighted by atomic mass is 9.78. The molecule has 0 amide bonds. The van der Waals surface area contributed by atoms with E-state index in [9.17, 15) is 9.59 Å². The largest absolute Gasteiger partial charge is 0.508 e. The third-order valence-electron chi connectivity index (χ3n) is 5.60. The van der Waals surface area contributed by atoms with Gasteiger partial charge in [-0.3, -0.25) is 0 Å². The van der Waals surface area contributed by atoms with Crippen molar-refractivity contribution in [3.05, 3.63) is 59.7 Å². The van der Waals surface area contributed by atoms with Gasteiger partial charge in [0.1, 0.15) is 37.4 Å². The second-order valence-electron chi connectivity index (χ2n) is 8.22. The Morgan fingerprint density at radius 1 is 0.781 bits per heavy atom. The second-order valence-corrected chi connectivity index (χ2v) is 8.22. The van der Waals surface area contributed by atoms with E-state index in [2.05, 4.69) is 13.8 Å². The smallest absolute Gasteiger partial charge is 0.493 e. The first-order valence-corrected chi connectivity index (χ1v) is 10.5. The summed E-state index contributed by atoms with van der Waals surface area (Å²) in [6.45, 7) is 5.50. The summed E-state index contributed by atoms with van der Waals surface area (Å²) in [5, 5.41) is 0. The van der Waals surface area contributed by atoms with Crippen molar-refractivity contribution in [3.63, 3.8) is 0 Å². The van der Waals surface area contributed by atoms with E-state index in [0.29, 0.717) is 18.8 Å². The molecule has 8 nitrogen and oxygen atoms in total. The van der Waals surface area contributed by atoms with Crippen molar-refractivity contribution < 1.29 is 38.0 Å². The predicted molar refractivity (Wildman–Crippen MR) is 113 cm³/mol. The highest BCUT2D eigenvalue weighted by molar-refractivity contribution is 5.62. The molecule has 4 rings (SSSR count). The predicted octanol–water partition coefficient (Wildman–Crippen LogP) is 4.23. The van der Waals surface area contributed by atoms with Crippen LogP contribution in [0.2, 0.25) is 0 Å². The highest BCUT2D eigenvalue weighted by atomic mass is 16.8. The Morgan fingerprint density at radius 2 is 1.28 bits per heavy atom. The van der Waals surface area contributed by atoms with E-state index in [1.54, 1.807) is 0 Å². The molecule has 0 aromatic heterocycles. The molecule has 2 aromatic rings. The number of ether oxygens (including phenoxy) is 6. The number of carbonyl (C=O) groups excluding carboxylic acids is 2. The summed E-state index contributed by atoms with van der Waals surface area (Å²) < 4.78 is 30.9. The molecule has 0 aliphatic carbocycles. The van der Waals surface area contributed by atoms with Crippen LogP contribution in [0.5, 0.6) is 11.5 Å². The van der Waals surface area contributed by atoms with Crippen molar-refractivity contribution in [1.29, 1.82) is 0 Å². The number of carbonyl (C=O) groups is 2. The van der Waals surface area contributed by atoms with Gasteiger partial charge in [-0.15, -0.1) is 0 Å². The van der Waals surface area contributed by atoms with Gasteiger partial charge in [0.2, 0.25) is 0 Å².